The van der Waals surface area contributed by atoms with E-state index in [-0.39, 0.29) is 18.9 Å². The molecule has 3 unspecified atom stereocenters. The van der Waals surface area contributed by atoms with Crippen molar-refractivity contribution in [1.29, 1.82) is 0 Å². The average molecular weight is 701 g/mol. The Labute approximate surface area is 296 Å². The minimum atomic E-state index is -4.55. The highest BCUT2D eigenvalue weighted by atomic mass is 31.2. The molecule has 0 aromatic rings. The van der Waals surface area contributed by atoms with Crippen molar-refractivity contribution in [1.82, 2.24) is 5.32 Å². The Morgan fingerprint density at radius 2 is 1.15 bits per heavy atom. The summed E-state index contributed by atoms with van der Waals surface area (Å²) in [5.41, 5.74) is 0. The summed E-state index contributed by atoms with van der Waals surface area (Å²) in [6.07, 6.45) is 37.6. The molecule has 284 valence electrons. The molecule has 0 radical (unpaired) electrons. The molecule has 0 aromatic heterocycles. The smallest absolute Gasteiger partial charge is 0.268 e. The van der Waals surface area contributed by atoms with Gasteiger partial charge in [0.05, 0.1) is 39.9 Å². The van der Waals surface area contributed by atoms with Crippen LogP contribution in [0.15, 0.2) is 24.3 Å². The van der Waals surface area contributed by atoms with Gasteiger partial charge in [0.2, 0.25) is 5.91 Å². The Bertz CT molecular complexity index is 845. The first kappa shape index (κ1) is 47.0. The zero-order chi connectivity index (χ0) is 35.8. The first-order chi connectivity index (χ1) is 23.0. The van der Waals surface area contributed by atoms with Crippen LogP contribution < -0.4 is 10.2 Å². The van der Waals surface area contributed by atoms with Crippen LogP contribution in [0.3, 0.4) is 0 Å². The van der Waals surface area contributed by atoms with Crippen molar-refractivity contribution >= 4 is 13.7 Å². The molecule has 0 spiro atoms. The number of amides is 1. The van der Waals surface area contributed by atoms with Crippen molar-refractivity contribution in [3.8, 4) is 0 Å². The summed E-state index contributed by atoms with van der Waals surface area (Å²) in [5, 5.41) is 13.2. The minimum Gasteiger partial charge on any atom is -0.756 e. The molecule has 9 heteroatoms. The number of hydrogen-bond acceptors (Lipinski definition) is 6. The van der Waals surface area contributed by atoms with Gasteiger partial charge in [0, 0.05) is 6.42 Å². The van der Waals surface area contributed by atoms with E-state index < -0.39 is 26.6 Å². The molecule has 3 atom stereocenters. The van der Waals surface area contributed by atoms with Crippen molar-refractivity contribution < 1.29 is 32.9 Å². The van der Waals surface area contributed by atoms with Gasteiger partial charge in [-0.15, -0.1) is 0 Å². The van der Waals surface area contributed by atoms with Gasteiger partial charge in [0.15, 0.2) is 0 Å². The van der Waals surface area contributed by atoms with Crippen molar-refractivity contribution in [3.63, 3.8) is 0 Å². The third-order valence-corrected chi connectivity index (χ3v) is 9.69. The first-order valence-corrected chi connectivity index (χ1v) is 21.2. The lowest BCUT2D eigenvalue weighted by Gasteiger charge is -2.29. The number of rotatable bonds is 35. The van der Waals surface area contributed by atoms with Crippen LogP contribution >= 0.6 is 7.82 Å². The van der Waals surface area contributed by atoms with Gasteiger partial charge in [-0.2, -0.15) is 0 Å². The number of hydrogen-bond donors (Lipinski definition) is 2. The number of aliphatic hydroxyl groups excluding tert-OH is 1. The van der Waals surface area contributed by atoms with E-state index in [1.54, 1.807) is 13.0 Å². The molecule has 0 rings (SSSR count). The molecule has 0 aliphatic rings. The second kappa shape index (κ2) is 31.9. The Hall–Kier alpha value is -1.02. The van der Waals surface area contributed by atoms with Crippen molar-refractivity contribution in [2.45, 2.75) is 180 Å². The molecule has 1 amide bonds. The van der Waals surface area contributed by atoms with Crippen molar-refractivity contribution in [2.75, 3.05) is 40.9 Å². The highest BCUT2D eigenvalue weighted by Gasteiger charge is 2.22. The van der Waals surface area contributed by atoms with Crippen LogP contribution in [0.1, 0.15) is 168 Å². The van der Waals surface area contributed by atoms with Crippen LogP contribution in [0.25, 0.3) is 0 Å². The molecule has 2 N–H and O–H groups in total. The molecule has 0 bridgehead atoms. The topological polar surface area (TPSA) is 108 Å². The van der Waals surface area contributed by atoms with E-state index in [1.165, 1.54) is 128 Å². The number of phosphoric ester groups is 1. The van der Waals surface area contributed by atoms with E-state index in [4.69, 9.17) is 9.05 Å². The molecular weight excluding hydrogens is 623 g/mol. The van der Waals surface area contributed by atoms with E-state index in [1.807, 2.05) is 27.2 Å². The zero-order valence-corrected chi connectivity index (χ0v) is 32.8. The van der Waals surface area contributed by atoms with E-state index in [2.05, 4.69) is 24.4 Å². The maximum atomic E-state index is 12.1. The van der Waals surface area contributed by atoms with Crippen LogP contribution in [0.2, 0.25) is 0 Å². The van der Waals surface area contributed by atoms with Crippen LogP contribution in [0.5, 0.6) is 0 Å². The maximum absolute atomic E-state index is 12.1. The number of likely N-dealkylation sites (N-methyl/N-ethyl adjacent to an activating group) is 1. The second-order valence-corrected chi connectivity index (χ2v) is 16.0. The van der Waals surface area contributed by atoms with Gasteiger partial charge in [0.25, 0.3) is 7.82 Å². The average Bonchev–Trinajstić information content (AvgIpc) is 3.03. The Morgan fingerprint density at radius 1 is 0.708 bits per heavy atom. The SMILES string of the molecule is CCCCCCCCCCCCCCCCCCCCCC/C=C/CC/C=C/C(O)C(COP(=O)([O-])OCC[N+](C)(C)C)NC(=O)CC. The van der Waals surface area contributed by atoms with Gasteiger partial charge in [0.1, 0.15) is 13.2 Å². The molecule has 0 saturated carbocycles. The van der Waals surface area contributed by atoms with E-state index in [0.29, 0.717) is 11.0 Å². The molecule has 0 heterocycles. The summed E-state index contributed by atoms with van der Waals surface area (Å²) in [7, 11) is 1.23. The summed E-state index contributed by atoms with van der Waals surface area (Å²) in [6.45, 7) is 4.06. The van der Waals surface area contributed by atoms with Crippen LogP contribution in [0.4, 0.5) is 0 Å². The highest BCUT2D eigenvalue weighted by molar-refractivity contribution is 7.45. The largest absolute Gasteiger partial charge is 0.756 e. The van der Waals surface area contributed by atoms with Crippen molar-refractivity contribution in [2.24, 2.45) is 0 Å². The molecule has 0 aliphatic heterocycles. The maximum Gasteiger partial charge on any atom is 0.268 e. The fraction of sp³-hybridized carbons (Fsp3) is 0.872. The van der Waals surface area contributed by atoms with Gasteiger partial charge >= 0.3 is 0 Å². The number of carbonyl (C=O) groups excluding carboxylic acids is 1. The Morgan fingerprint density at radius 3 is 1.60 bits per heavy atom. The van der Waals surface area contributed by atoms with Gasteiger partial charge in [-0.05, 0) is 25.7 Å². The third kappa shape index (κ3) is 33.5. The van der Waals surface area contributed by atoms with Crippen molar-refractivity contribution in [3.05, 3.63) is 24.3 Å². The number of unbranched alkanes of at least 4 members (excludes halogenated alkanes) is 21. The van der Waals surface area contributed by atoms with Gasteiger partial charge < -0.3 is 28.8 Å². The first-order valence-electron chi connectivity index (χ1n) is 19.7. The number of nitrogens with one attached hydrogen (secondary N) is 1. The third-order valence-electron chi connectivity index (χ3n) is 8.73. The summed E-state index contributed by atoms with van der Waals surface area (Å²) in [4.78, 5) is 24.1. The van der Waals surface area contributed by atoms with E-state index >= 15 is 0 Å². The number of phosphoric acid groups is 1. The molecule has 8 nitrogen and oxygen atoms in total. The number of quaternary nitrogens is 1. The lowest BCUT2D eigenvalue weighted by atomic mass is 10.0. The molecule has 0 saturated heterocycles. The van der Waals surface area contributed by atoms with Crippen LogP contribution in [0, 0.1) is 0 Å². The highest BCUT2D eigenvalue weighted by Crippen LogP contribution is 2.38. The van der Waals surface area contributed by atoms with Crippen LogP contribution in [-0.4, -0.2) is 68.5 Å². The summed E-state index contributed by atoms with van der Waals surface area (Å²) in [5.74, 6) is -0.296. The normalized spacial score (nSPS) is 14.9. The Balaban J connectivity index is 3.83. The summed E-state index contributed by atoms with van der Waals surface area (Å²) in [6, 6.07) is -0.896. The van der Waals surface area contributed by atoms with Crippen LogP contribution in [-0.2, 0) is 18.4 Å². The molecule has 48 heavy (non-hydrogen) atoms. The molecular formula is C39H77N2O6P. The number of allylic oxidation sites excluding steroid dienone is 3. The van der Waals surface area contributed by atoms with Gasteiger partial charge in [-0.1, -0.05) is 160 Å². The lowest BCUT2D eigenvalue weighted by Crippen LogP contribution is -2.45. The number of nitrogens with zero attached hydrogens (tertiary/aromatic N) is 1. The predicted molar refractivity (Wildman–Crippen MR) is 201 cm³/mol. The van der Waals surface area contributed by atoms with Gasteiger partial charge in [-0.25, -0.2) is 0 Å². The predicted octanol–water partition coefficient (Wildman–Crippen LogP) is 9.55. The molecule has 0 aromatic carbocycles. The lowest BCUT2D eigenvalue weighted by molar-refractivity contribution is -0.870. The van der Waals surface area contributed by atoms with E-state index in [9.17, 15) is 19.4 Å². The quantitative estimate of drug-likeness (QED) is 0.0295. The summed E-state index contributed by atoms with van der Waals surface area (Å²) < 4.78 is 22.6. The fourth-order valence-corrected chi connectivity index (χ4v) is 6.21. The monoisotopic (exact) mass is 701 g/mol. The fourth-order valence-electron chi connectivity index (χ4n) is 5.49. The number of aliphatic hydroxyl groups is 1. The summed E-state index contributed by atoms with van der Waals surface area (Å²) >= 11 is 0. The molecule has 0 fully saturated rings. The number of carbonyl (C=O) groups is 1. The second-order valence-electron chi connectivity index (χ2n) is 14.6. The standard InChI is InChI=1S/C39H77N2O6P/c1-6-8-9-10-11-12-13-14-15-16-17-18-19-20-21-22-23-24-25-26-27-28-29-30-31-32-33-38(42)37(40-39(43)7-2)36-47-48(44,45)46-35-34-41(3,4)5/h28-29,32-33,37-38,42H,6-27,30-31,34-36H2,1-5H3,(H-,40,43,44,45)/b29-28+,33-32+. The zero-order valence-electron chi connectivity index (χ0n) is 31.9. The van der Waals surface area contributed by atoms with E-state index in [0.717, 1.165) is 19.3 Å². The minimum absolute atomic E-state index is 0.00811. The Kier molecular flexibility index (Phi) is 31.2. The molecule has 0 aliphatic carbocycles. The van der Waals surface area contributed by atoms with Gasteiger partial charge in [-0.3, -0.25) is 9.36 Å².